The summed E-state index contributed by atoms with van der Waals surface area (Å²) in [5, 5.41) is 18.4. The Labute approximate surface area is 107 Å². The van der Waals surface area contributed by atoms with E-state index in [-0.39, 0.29) is 6.10 Å². The van der Waals surface area contributed by atoms with Gasteiger partial charge in [-0.15, -0.1) is 0 Å². The van der Waals surface area contributed by atoms with E-state index in [9.17, 15) is 9.90 Å². The number of aliphatic carboxylic acids is 1. The van der Waals surface area contributed by atoms with Crippen LogP contribution in [0.2, 0.25) is 0 Å². The van der Waals surface area contributed by atoms with Crippen molar-refractivity contribution in [2.75, 3.05) is 13.1 Å². The van der Waals surface area contributed by atoms with Crippen molar-refractivity contribution in [3.8, 4) is 0 Å². The molecular formula is C14H19NO3. The summed E-state index contributed by atoms with van der Waals surface area (Å²) in [5.41, 5.74) is 1.98. The van der Waals surface area contributed by atoms with Crippen LogP contribution in [0.25, 0.3) is 0 Å². The monoisotopic (exact) mass is 249 g/mol. The van der Waals surface area contributed by atoms with Crippen molar-refractivity contribution < 1.29 is 15.0 Å². The minimum absolute atomic E-state index is 0.198. The number of benzene rings is 1. The van der Waals surface area contributed by atoms with Gasteiger partial charge in [0.05, 0.1) is 12.0 Å². The first kappa shape index (κ1) is 13.1. The Balaban J connectivity index is 1.97. The molecule has 0 spiro atoms. The van der Waals surface area contributed by atoms with E-state index in [1.807, 2.05) is 24.3 Å². The van der Waals surface area contributed by atoms with Gasteiger partial charge in [0.15, 0.2) is 0 Å². The molecule has 1 fully saturated rings. The topological polar surface area (TPSA) is 60.8 Å². The second-order valence-corrected chi connectivity index (χ2v) is 4.98. The average molecular weight is 249 g/mol. The number of carboxylic acids is 1. The smallest absolute Gasteiger partial charge is 0.310 e. The maximum atomic E-state index is 10.9. The summed E-state index contributed by atoms with van der Waals surface area (Å²) in [6.07, 6.45) is 0.644. The molecule has 1 aliphatic heterocycles. The highest BCUT2D eigenvalue weighted by Gasteiger charge is 2.20. The minimum Gasteiger partial charge on any atom is -0.481 e. The second-order valence-electron chi connectivity index (χ2n) is 4.98. The molecule has 0 aromatic heterocycles. The van der Waals surface area contributed by atoms with E-state index >= 15 is 0 Å². The number of hydrogen-bond acceptors (Lipinski definition) is 3. The fourth-order valence-corrected chi connectivity index (χ4v) is 2.27. The molecule has 18 heavy (non-hydrogen) atoms. The zero-order valence-corrected chi connectivity index (χ0v) is 10.5. The molecule has 0 amide bonds. The highest BCUT2D eigenvalue weighted by atomic mass is 16.4. The van der Waals surface area contributed by atoms with Gasteiger partial charge in [-0.3, -0.25) is 9.69 Å². The lowest BCUT2D eigenvalue weighted by molar-refractivity contribution is -0.138. The van der Waals surface area contributed by atoms with Crippen LogP contribution >= 0.6 is 0 Å². The fourth-order valence-electron chi connectivity index (χ4n) is 2.27. The van der Waals surface area contributed by atoms with Gasteiger partial charge in [-0.2, -0.15) is 0 Å². The quantitative estimate of drug-likeness (QED) is 0.847. The normalized spacial score (nSPS) is 22.0. The molecule has 0 radical (unpaired) electrons. The third kappa shape index (κ3) is 3.09. The molecule has 1 aliphatic rings. The third-order valence-corrected chi connectivity index (χ3v) is 3.50. The molecule has 98 valence electrons. The molecule has 4 heteroatoms. The van der Waals surface area contributed by atoms with Gasteiger partial charge in [-0.25, -0.2) is 0 Å². The summed E-state index contributed by atoms with van der Waals surface area (Å²) in [6.45, 7) is 4.16. The van der Waals surface area contributed by atoms with Crippen LogP contribution in [-0.4, -0.2) is 40.3 Å². The Hall–Kier alpha value is -1.39. The summed E-state index contributed by atoms with van der Waals surface area (Å²) in [6, 6.07) is 7.69. The van der Waals surface area contributed by atoms with Crippen molar-refractivity contribution >= 4 is 5.97 Å². The molecule has 0 saturated carbocycles. The van der Waals surface area contributed by atoms with Crippen LogP contribution in [0.1, 0.15) is 30.4 Å². The Morgan fingerprint density at radius 2 is 2.11 bits per heavy atom. The zero-order valence-electron chi connectivity index (χ0n) is 10.5. The fraction of sp³-hybridized carbons (Fsp3) is 0.500. The van der Waals surface area contributed by atoms with E-state index < -0.39 is 11.9 Å². The number of likely N-dealkylation sites (tertiary alicyclic amines) is 1. The number of hydrogen-bond donors (Lipinski definition) is 2. The number of aliphatic hydroxyl groups excluding tert-OH is 1. The number of β-amino-alcohol motifs (C(OH)–C–C–N with tert-alkyl or cyclic N) is 1. The van der Waals surface area contributed by atoms with Gasteiger partial charge in [0.25, 0.3) is 0 Å². The van der Waals surface area contributed by atoms with E-state index in [4.69, 9.17) is 5.11 Å². The first-order valence-corrected chi connectivity index (χ1v) is 6.28. The van der Waals surface area contributed by atoms with Crippen LogP contribution < -0.4 is 0 Å². The molecule has 0 bridgehead atoms. The third-order valence-electron chi connectivity index (χ3n) is 3.50. The van der Waals surface area contributed by atoms with Crippen LogP contribution in [-0.2, 0) is 11.3 Å². The van der Waals surface area contributed by atoms with E-state index in [0.717, 1.165) is 37.2 Å². The van der Waals surface area contributed by atoms with E-state index in [1.54, 1.807) is 6.92 Å². The largest absolute Gasteiger partial charge is 0.481 e. The Bertz CT molecular complexity index is 416. The molecule has 1 saturated heterocycles. The van der Waals surface area contributed by atoms with Crippen LogP contribution in [0.5, 0.6) is 0 Å². The van der Waals surface area contributed by atoms with E-state index in [0.29, 0.717) is 0 Å². The average Bonchev–Trinajstić information content (AvgIpc) is 2.75. The van der Waals surface area contributed by atoms with Gasteiger partial charge in [-0.1, -0.05) is 24.3 Å². The summed E-state index contributed by atoms with van der Waals surface area (Å²) in [4.78, 5) is 13.1. The van der Waals surface area contributed by atoms with Crippen molar-refractivity contribution in [3.63, 3.8) is 0 Å². The van der Waals surface area contributed by atoms with Crippen molar-refractivity contribution in [1.82, 2.24) is 4.90 Å². The molecule has 0 aliphatic carbocycles. The Morgan fingerprint density at radius 3 is 2.61 bits per heavy atom. The van der Waals surface area contributed by atoms with Crippen LogP contribution in [0, 0.1) is 0 Å². The van der Waals surface area contributed by atoms with Crippen molar-refractivity contribution in [2.24, 2.45) is 0 Å². The number of rotatable bonds is 4. The lowest BCUT2D eigenvalue weighted by atomic mass is 10.00. The van der Waals surface area contributed by atoms with Gasteiger partial charge in [0.2, 0.25) is 0 Å². The van der Waals surface area contributed by atoms with Gasteiger partial charge < -0.3 is 10.2 Å². The maximum absolute atomic E-state index is 10.9. The number of aliphatic hydroxyl groups is 1. The molecule has 1 heterocycles. The van der Waals surface area contributed by atoms with Gasteiger partial charge in [-0.05, 0) is 24.5 Å². The van der Waals surface area contributed by atoms with Crippen molar-refractivity contribution in [1.29, 1.82) is 0 Å². The van der Waals surface area contributed by atoms with Crippen molar-refractivity contribution in [2.45, 2.75) is 31.9 Å². The molecular weight excluding hydrogens is 230 g/mol. The summed E-state index contributed by atoms with van der Waals surface area (Å²) >= 11 is 0. The van der Waals surface area contributed by atoms with Crippen LogP contribution in [0.3, 0.4) is 0 Å². The standard InChI is InChI=1S/C14H19NO3/c1-10(14(17)18)12-4-2-11(3-5-12)8-15-7-6-13(16)9-15/h2-5,10,13,16H,6-9H2,1H3,(H,17,18). The van der Waals surface area contributed by atoms with Gasteiger partial charge in [0, 0.05) is 19.6 Å². The Kier molecular flexibility index (Phi) is 3.99. The Morgan fingerprint density at radius 1 is 1.44 bits per heavy atom. The number of nitrogens with zero attached hydrogens (tertiary/aromatic N) is 1. The predicted octanol–water partition coefficient (Wildman–Crippen LogP) is 1.44. The first-order chi connectivity index (χ1) is 8.56. The van der Waals surface area contributed by atoms with Gasteiger partial charge in [0.1, 0.15) is 0 Å². The molecule has 2 N–H and O–H groups in total. The highest BCUT2D eigenvalue weighted by molar-refractivity contribution is 5.75. The molecule has 2 rings (SSSR count). The lowest BCUT2D eigenvalue weighted by Crippen LogP contribution is -2.21. The SMILES string of the molecule is CC(C(=O)O)c1ccc(CN2CCC(O)C2)cc1. The van der Waals surface area contributed by atoms with E-state index in [1.165, 1.54) is 0 Å². The summed E-state index contributed by atoms with van der Waals surface area (Å²) < 4.78 is 0. The predicted molar refractivity (Wildman–Crippen MR) is 68.4 cm³/mol. The van der Waals surface area contributed by atoms with Crippen LogP contribution in [0.15, 0.2) is 24.3 Å². The minimum atomic E-state index is -0.801. The van der Waals surface area contributed by atoms with Crippen molar-refractivity contribution in [3.05, 3.63) is 35.4 Å². The maximum Gasteiger partial charge on any atom is 0.310 e. The molecule has 1 aromatic carbocycles. The zero-order chi connectivity index (χ0) is 13.1. The molecule has 4 nitrogen and oxygen atoms in total. The summed E-state index contributed by atoms with van der Waals surface area (Å²) in [5.74, 6) is -1.27. The molecule has 1 aromatic rings. The lowest BCUT2D eigenvalue weighted by Gasteiger charge is -2.15. The molecule has 2 atom stereocenters. The van der Waals surface area contributed by atoms with Crippen LogP contribution in [0.4, 0.5) is 0 Å². The molecule has 2 unspecified atom stereocenters. The highest BCUT2D eigenvalue weighted by Crippen LogP contribution is 2.18. The number of carbonyl (C=O) groups is 1. The summed E-state index contributed by atoms with van der Waals surface area (Å²) in [7, 11) is 0. The first-order valence-electron chi connectivity index (χ1n) is 6.28. The number of carboxylic acid groups (broad SMARTS) is 1. The van der Waals surface area contributed by atoms with E-state index in [2.05, 4.69) is 4.90 Å². The van der Waals surface area contributed by atoms with Gasteiger partial charge >= 0.3 is 5.97 Å². The second kappa shape index (κ2) is 5.50.